The number of halogens is 1. The maximum atomic E-state index is 12.5. The third-order valence-electron chi connectivity index (χ3n) is 4.59. The molecule has 0 aliphatic rings. The number of hydrogen-bond donors (Lipinski definition) is 2. The van der Waals surface area contributed by atoms with Gasteiger partial charge in [0.25, 0.3) is 0 Å². The van der Waals surface area contributed by atoms with E-state index in [0.29, 0.717) is 28.9 Å². The van der Waals surface area contributed by atoms with Gasteiger partial charge >= 0.3 is 0 Å². The number of aliphatic imine (C=N–C) groups is 1. The van der Waals surface area contributed by atoms with Crippen molar-refractivity contribution in [1.82, 2.24) is 14.9 Å². The van der Waals surface area contributed by atoms with Gasteiger partial charge in [-0.2, -0.15) is 0 Å². The van der Waals surface area contributed by atoms with Gasteiger partial charge in [0.2, 0.25) is 10.0 Å². The Morgan fingerprint density at radius 2 is 1.79 bits per heavy atom. The summed E-state index contributed by atoms with van der Waals surface area (Å²) in [4.78, 5) is 4.55. The van der Waals surface area contributed by atoms with Crippen LogP contribution in [0.1, 0.15) is 29.5 Å². The van der Waals surface area contributed by atoms with Gasteiger partial charge in [0.05, 0.1) is 4.90 Å². The molecule has 2 rings (SSSR count). The van der Waals surface area contributed by atoms with E-state index in [1.165, 1.54) is 29.5 Å². The van der Waals surface area contributed by atoms with Crippen molar-refractivity contribution < 1.29 is 8.42 Å². The lowest BCUT2D eigenvalue weighted by atomic mass is 9.99. The molecule has 2 aromatic rings. The summed E-state index contributed by atoms with van der Waals surface area (Å²) in [5.74, 6) is 0.955. The molecular formula is C21H31IN4O2S. The van der Waals surface area contributed by atoms with Crippen LogP contribution in [-0.2, 0) is 16.6 Å². The van der Waals surface area contributed by atoms with Gasteiger partial charge < -0.3 is 10.6 Å². The molecule has 0 fully saturated rings. The van der Waals surface area contributed by atoms with Gasteiger partial charge in [-0.25, -0.2) is 12.7 Å². The largest absolute Gasteiger partial charge is 0.356 e. The van der Waals surface area contributed by atoms with E-state index in [1.54, 1.807) is 19.2 Å². The van der Waals surface area contributed by atoms with Gasteiger partial charge in [0, 0.05) is 34.2 Å². The molecule has 0 saturated carbocycles. The van der Waals surface area contributed by atoms with Crippen LogP contribution in [0.4, 0.5) is 0 Å². The molecule has 160 valence electrons. The monoisotopic (exact) mass is 530 g/mol. The zero-order chi connectivity index (χ0) is 20.7. The number of sulfonamides is 1. The fourth-order valence-corrected chi connectivity index (χ4v) is 3.96. The first kappa shape index (κ1) is 25.4. The van der Waals surface area contributed by atoms with E-state index in [2.05, 4.69) is 53.7 Å². The topological polar surface area (TPSA) is 73.8 Å². The Labute approximate surface area is 191 Å². The highest BCUT2D eigenvalue weighted by Crippen LogP contribution is 2.18. The molecule has 0 heterocycles. The first-order chi connectivity index (χ1) is 13.3. The minimum Gasteiger partial charge on any atom is -0.356 e. The van der Waals surface area contributed by atoms with E-state index < -0.39 is 10.0 Å². The van der Waals surface area contributed by atoms with E-state index in [-0.39, 0.29) is 24.0 Å². The first-order valence-corrected chi connectivity index (χ1v) is 10.7. The second-order valence-electron chi connectivity index (χ2n) is 7.02. The van der Waals surface area contributed by atoms with Crippen LogP contribution in [0.5, 0.6) is 0 Å². The second kappa shape index (κ2) is 11.5. The van der Waals surface area contributed by atoms with Crippen LogP contribution < -0.4 is 10.6 Å². The Morgan fingerprint density at radius 3 is 2.41 bits per heavy atom. The number of guanidine groups is 1. The maximum Gasteiger partial charge on any atom is 0.242 e. The summed E-state index contributed by atoms with van der Waals surface area (Å²) in [5.41, 5.74) is 3.21. The summed E-state index contributed by atoms with van der Waals surface area (Å²) in [6.45, 7) is 5.33. The minimum absolute atomic E-state index is 0. The molecule has 29 heavy (non-hydrogen) atoms. The minimum atomic E-state index is -3.49. The Balaban J connectivity index is 0.00000420. The van der Waals surface area contributed by atoms with Crippen molar-refractivity contribution in [1.29, 1.82) is 0 Å². The van der Waals surface area contributed by atoms with E-state index in [1.807, 2.05) is 12.1 Å². The summed E-state index contributed by atoms with van der Waals surface area (Å²) in [7, 11) is 1.28. The van der Waals surface area contributed by atoms with Crippen molar-refractivity contribution >= 4 is 40.0 Å². The van der Waals surface area contributed by atoms with Crippen molar-refractivity contribution in [2.45, 2.75) is 31.2 Å². The van der Waals surface area contributed by atoms with Crippen LogP contribution in [0.15, 0.2) is 58.4 Å². The Hall–Kier alpha value is -1.65. The standard InChI is InChI=1S/C21H30N4O2S.HI/c1-16-9-8-11-18(13-16)17(2)14-23-21(22-3)24-15-19-10-6-7-12-20(19)28(26,27)25(4)5;/h6-13,17H,14-15H2,1-5H3,(H2,22,23,24);1H. The molecule has 0 amide bonds. The molecule has 0 aliphatic carbocycles. The lowest BCUT2D eigenvalue weighted by molar-refractivity contribution is 0.519. The molecule has 6 nitrogen and oxygen atoms in total. The van der Waals surface area contributed by atoms with Crippen molar-refractivity contribution in [3.63, 3.8) is 0 Å². The SMILES string of the molecule is CN=C(NCc1ccccc1S(=O)(=O)N(C)C)NCC(C)c1cccc(C)c1.I. The predicted molar refractivity (Wildman–Crippen MR) is 131 cm³/mol. The molecule has 1 unspecified atom stereocenters. The molecule has 0 bridgehead atoms. The fraction of sp³-hybridized carbons (Fsp3) is 0.381. The average Bonchev–Trinajstić information content (AvgIpc) is 2.68. The Morgan fingerprint density at radius 1 is 1.10 bits per heavy atom. The van der Waals surface area contributed by atoms with Gasteiger partial charge in [-0.1, -0.05) is 55.0 Å². The van der Waals surface area contributed by atoms with Crippen molar-refractivity contribution in [2.75, 3.05) is 27.7 Å². The van der Waals surface area contributed by atoms with Crippen LogP contribution >= 0.6 is 24.0 Å². The second-order valence-corrected chi connectivity index (χ2v) is 9.14. The van der Waals surface area contributed by atoms with Gasteiger partial charge in [0.1, 0.15) is 0 Å². The quantitative estimate of drug-likeness (QED) is 0.327. The first-order valence-electron chi connectivity index (χ1n) is 9.27. The Kier molecular flexibility index (Phi) is 10.1. The highest BCUT2D eigenvalue weighted by molar-refractivity contribution is 14.0. The number of nitrogens with zero attached hydrogens (tertiary/aromatic N) is 2. The van der Waals surface area contributed by atoms with E-state index >= 15 is 0 Å². The zero-order valence-corrected chi connectivity index (χ0v) is 20.8. The number of rotatable bonds is 7. The highest BCUT2D eigenvalue weighted by atomic mass is 127. The zero-order valence-electron chi connectivity index (χ0n) is 17.6. The molecule has 0 spiro atoms. The fourth-order valence-electron chi connectivity index (χ4n) is 2.84. The van der Waals surface area contributed by atoms with Gasteiger partial charge in [-0.05, 0) is 30.0 Å². The normalized spacial score (nSPS) is 13.0. The van der Waals surface area contributed by atoms with Gasteiger partial charge in [0.15, 0.2) is 5.96 Å². The summed E-state index contributed by atoms with van der Waals surface area (Å²) in [6, 6.07) is 15.5. The van der Waals surface area contributed by atoms with Crippen LogP contribution in [0, 0.1) is 6.92 Å². The Bertz CT molecular complexity index is 930. The van der Waals surface area contributed by atoms with Crippen LogP contribution in [0.3, 0.4) is 0 Å². The summed E-state index contributed by atoms with van der Waals surface area (Å²) < 4.78 is 26.3. The summed E-state index contributed by atoms with van der Waals surface area (Å²) in [6.07, 6.45) is 0. The molecule has 0 radical (unpaired) electrons. The van der Waals surface area contributed by atoms with Crippen molar-refractivity contribution in [3.8, 4) is 0 Å². The van der Waals surface area contributed by atoms with E-state index in [9.17, 15) is 8.42 Å². The molecule has 8 heteroatoms. The lowest BCUT2D eigenvalue weighted by Gasteiger charge is -2.18. The molecule has 0 aromatic heterocycles. The lowest BCUT2D eigenvalue weighted by Crippen LogP contribution is -2.39. The smallest absolute Gasteiger partial charge is 0.242 e. The number of aryl methyl sites for hydroxylation is 1. The number of nitrogens with one attached hydrogen (secondary N) is 2. The van der Waals surface area contributed by atoms with E-state index in [0.717, 1.165) is 6.54 Å². The number of hydrogen-bond acceptors (Lipinski definition) is 3. The van der Waals surface area contributed by atoms with Crippen molar-refractivity contribution in [3.05, 3.63) is 65.2 Å². The molecule has 2 aromatic carbocycles. The molecule has 0 aliphatic heterocycles. The summed E-state index contributed by atoms with van der Waals surface area (Å²) >= 11 is 0. The predicted octanol–water partition coefficient (Wildman–Crippen LogP) is 3.33. The van der Waals surface area contributed by atoms with E-state index in [4.69, 9.17) is 0 Å². The third-order valence-corrected chi connectivity index (χ3v) is 6.50. The maximum absolute atomic E-state index is 12.5. The van der Waals surface area contributed by atoms with Gasteiger partial charge in [-0.3, -0.25) is 4.99 Å². The molecule has 0 saturated heterocycles. The third kappa shape index (κ3) is 6.97. The average molecular weight is 530 g/mol. The van der Waals surface area contributed by atoms with Crippen LogP contribution in [-0.4, -0.2) is 46.4 Å². The summed E-state index contributed by atoms with van der Waals surface area (Å²) in [5, 5.41) is 6.53. The highest BCUT2D eigenvalue weighted by Gasteiger charge is 2.20. The molecular weight excluding hydrogens is 499 g/mol. The van der Waals surface area contributed by atoms with Crippen LogP contribution in [0.2, 0.25) is 0 Å². The number of benzene rings is 2. The van der Waals surface area contributed by atoms with Crippen molar-refractivity contribution in [2.24, 2.45) is 4.99 Å². The molecule has 1 atom stereocenters. The molecule has 2 N–H and O–H groups in total. The van der Waals surface area contributed by atoms with Crippen LogP contribution in [0.25, 0.3) is 0 Å². The van der Waals surface area contributed by atoms with Gasteiger partial charge in [-0.15, -0.1) is 24.0 Å².